The van der Waals surface area contributed by atoms with Crippen LogP contribution in [-0.2, 0) is 13.2 Å². The highest BCUT2D eigenvalue weighted by atomic mass is 16.5. The summed E-state index contributed by atoms with van der Waals surface area (Å²) in [4.78, 5) is 24.8. The van der Waals surface area contributed by atoms with Crippen LogP contribution in [0.5, 0.6) is 11.5 Å². The van der Waals surface area contributed by atoms with E-state index in [4.69, 9.17) is 9.47 Å². The first-order valence-corrected chi connectivity index (χ1v) is 10.00. The summed E-state index contributed by atoms with van der Waals surface area (Å²) in [6.45, 7) is 6.76. The lowest BCUT2D eigenvalue weighted by molar-refractivity contribution is 0.0996. The van der Waals surface area contributed by atoms with E-state index in [0.717, 1.165) is 37.0 Å². The topological polar surface area (TPSA) is 57.5 Å². The summed E-state index contributed by atoms with van der Waals surface area (Å²) < 4.78 is 12.9. The number of rotatable bonds is 11. The van der Waals surface area contributed by atoms with E-state index in [1.807, 2.05) is 28.8 Å². The Labute approximate surface area is 167 Å². The number of carbonyl (C=O) groups excluding carboxylic acids is 1. The van der Waals surface area contributed by atoms with Gasteiger partial charge < -0.3 is 14.0 Å². The molecule has 0 saturated heterocycles. The zero-order valence-electron chi connectivity index (χ0n) is 17.4. The van der Waals surface area contributed by atoms with E-state index in [0.29, 0.717) is 18.2 Å². The summed E-state index contributed by atoms with van der Waals surface area (Å²) in [5.74, 6) is 1.20. The van der Waals surface area contributed by atoms with Gasteiger partial charge >= 0.3 is 0 Å². The van der Waals surface area contributed by atoms with Crippen molar-refractivity contribution >= 4 is 5.78 Å². The van der Waals surface area contributed by atoms with Crippen molar-refractivity contribution in [3.05, 3.63) is 58.0 Å². The fourth-order valence-corrected chi connectivity index (χ4v) is 3.28. The van der Waals surface area contributed by atoms with Crippen LogP contribution in [0.25, 0.3) is 0 Å². The second-order valence-corrected chi connectivity index (χ2v) is 7.12. The molecule has 5 nitrogen and oxygen atoms in total. The number of ether oxygens (including phenoxy) is 2. The molecule has 2 aromatic rings. The zero-order valence-corrected chi connectivity index (χ0v) is 17.4. The summed E-state index contributed by atoms with van der Waals surface area (Å²) in [7, 11) is 1.61. The van der Waals surface area contributed by atoms with Crippen molar-refractivity contribution in [2.75, 3.05) is 7.11 Å². The highest BCUT2D eigenvalue weighted by Gasteiger charge is 2.19. The Kier molecular flexibility index (Phi) is 8.30. The van der Waals surface area contributed by atoms with Crippen LogP contribution in [0.2, 0.25) is 0 Å². The van der Waals surface area contributed by atoms with Gasteiger partial charge in [0.05, 0.1) is 7.11 Å². The molecule has 2 rings (SSSR count). The zero-order chi connectivity index (χ0) is 20.5. The summed E-state index contributed by atoms with van der Waals surface area (Å²) in [5, 5.41) is 0. The van der Waals surface area contributed by atoms with Gasteiger partial charge in [0.1, 0.15) is 18.1 Å². The summed E-state index contributed by atoms with van der Waals surface area (Å²) in [6, 6.07) is 8.93. The molecule has 0 radical (unpaired) electrons. The molecule has 5 heteroatoms. The third-order valence-corrected chi connectivity index (χ3v) is 5.01. The van der Waals surface area contributed by atoms with Gasteiger partial charge in [-0.05, 0) is 30.0 Å². The number of Topliss-reactive ketones (excluding diaryl/α,β-unsaturated/α-hetero) is 1. The van der Waals surface area contributed by atoms with E-state index >= 15 is 0 Å². The Bertz CT molecular complexity index is 823. The van der Waals surface area contributed by atoms with Gasteiger partial charge in [0.2, 0.25) is 5.43 Å². The van der Waals surface area contributed by atoms with Gasteiger partial charge in [0.25, 0.3) is 0 Å². The van der Waals surface area contributed by atoms with Crippen LogP contribution in [0.4, 0.5) is 0 Å². The average Bonchev–Trinajstić information content (AvgIpc) is 2.71. The van der Waals surface area contributed by atoms with Gasteiger partial charge in [-0.2, -0.15) is 0 Å². The van der Waals surface area contributed by atoms with Crippen molar-refractivity contribution in [2.24, 2.45) is 5.92 Å². The maximum atomic E-state index is 12.4. The Balaban J connectivity index is 2.26. The molecule has 0 N–H and O–H groups in total. The Morgan fingerprint density at radius 2 is 1.86 bits per heavy atom. The van der Waals surface area contributed by atoms with E-state index < -0.39 is 0 Å². The quantitative estimate of drug-likeness (QED) is 0.519. The van der Waals surface area contributed by atoms with Gasteiger partial charge in [-0.15, -0.1) is 0 Å². The van der Waals surface area contributed by atoms with E-state index in [9.17, 15) is 9.59 Å². The van der Waals surface area contributed by atoms with Crippen LogP contribution in [0.1, 0.15) is 62.5 Å². The third kappa shape index (κ3) is 5.72. The van der Waals surface area contributed by atoms with Gasteiger partial charge in [0.15, 0.2) is 11.5 Å². The molecule has 1 unspecified atom stereocenters. The first kappa shape index (κ1) is 21.7. The standard InChI is InChI=1S/C23H31NO4/c1-5-7-8-18(6-2)15-24-14-13-21(26)23(22(24)17(3)25)28-16-19-9-11-20(27-4)12-10-19/h9-14,18H,5-8,15-16H2,1-4H3. The normalized spacial score (nSPS) is 11.9. The van der Waals surface area contributed by atoms with Crippen LogP contribution >= 0.6 is 0 Å². The lowest BCUT2D eigenvalue weighted by atomic mass is 9.99. The molecule has 0 fully saturated rings. The molecule has 0 aliphatic carbocycles. The molecule has 152 valence electrons. The number of nitrogens with zero attached hydrogens (tertiary/aromatic N) is 1. The van der Waals surface area contributed by atoms with Gasteiger partial charge in [-0.1, -0.05) is 45.2 Å². The highest BCUT2D eigenvalue weighted by Crippen LogP contribution is 2.21. The lowest BCUT2D eigenvalue weighted by Crippen LogP contribution is -2.22. The molecule has 1 heterocycles. The van der Waals surface area contributed by atoms with Gasteiger partial charge in [0, 0.05) is 25.7 Å². The first-order chi connectivity index (χ1) is 13.5. The fourth-order valence-electron chi connectivity index (χ4n) is 3.28. The van der Waals surface area contributed by atoms with Crippen molar-refractivity contribution < 1.29 is 14.3 Å². The van der Waals surface area contributed by atoms with Crippen LogP contribution < -0.4 is 14.9 Å². The van der Waals surface area contributed by atoms with Crippen LogP contribution in [0.15, 0.2) is 41.3 Å². The van der Waals surface area contributed by atoms with Crippen LogP contribution in [0, 0.1) is 5.92 Å². The molecule has 1 aromatic heterocycles. The summed E-state index contributed by atoms with van der Waals surface area (Å²) >= 11 is 0. The smallest absolute Gasteiger partial charge is 0.224 e. The van der Waals surface area contributed by atoms with E-state index in [-0.39, 0.29) is 23.6 Å². The number of unbranched alkanes of at least 4 members (excludes halogenated alkanes) is 1. The van der Waals surface area contributed by atoms with Crippen molar-refractivity contribution in [1.29, 1.82) is 0 Å². The van der Waals surface area contributed by atoms with Crippen molar-refractivity contribution in [1.82, 2.24) is 4.57 Å². The van der Waals surface area contributed by atoms with Gasteiger partial charge in [-0.3, -0.25) is 9.59 Å². The number of pyridine rings is 1. The number of aromatic nitrogens is 1. The highest BCUT2D eigenvalue weighted by molar-refractivity contribution is 5.95. The predicted octanol–water partition coefficient (Wildman–Crippen LogP) is 4.85. The molecule has 0 spiro atoms. The number of hydrogen-bond acceptors (Lipinski definition) is 4. The largest absolute Gasteiger partial charge is 0.497 e. The molecule has 0 saturated carbocycles. The minimum absolute atomic E-state index is 0.135. The van der Waals surface area contributed by atoms with E-state index in [1.165, 1.54) is 13.0 Å². The van der Waals surface area contributed by atoms with E-state index in [2.05, 4.69) is 13.8 Å². The molecule has 0 aliphatic rings. The van der Waals surface area contributed by atoms with Crippen molar-refractivity contribution in [3.8, 4) is 11.5 Å². The third-order valence-electron chi connectivity index (χ3n) is 5.01. The summed E-state index contributed by atoms with van der Waals surface area (Å²) in [6.07, 6.45) is 6.17. The monoisotopic (exact) mass is 385 g/mol. The molecular weight excluding hydrogens is 354 g/mol. The van der Waals surface area contributed by atoms with Crippen molar-refractivity contribution in [2.45, 2.75) is 59.6 Å². The van der Waals surface area contributed by atoms with Gasteiger partial charge in [-0.25, -0.2) is 0 Å². The maximum Gasteiger partial charge on any atom is 0.224 e. The Morgan fingerprint density at radius 3 is 2.43 bits per heavy atom. The van der Waals surface area contributed by atoms with Crippen molar-refractivity contribution in [3.63, 3.8) is 0 Å². The minimum Gasteiger partial charge on any atom is -0.497 e. The average molecular weight is 386 g/mol. The predicted molar refractivity (Wildman–Crippen MR) is 111 cm³/mol. The molecule has 1 aromatic carbocycles. The molecule has 1 atom stereocenters. The number of carbonyl (C=O) groups is 1. The first-order valence-electron chi connectivity index (χ1n) is 10.00. The minimum atomic E-state index is -0.267. The lowest BCUT2D eigenvalue weighted by Gasteiger charge is -2.21. The number of methoxy groups -OCH3 is 1. The fraction of sp³-hybridized carbons (Fsp3) is 0.478. The van der Waals surface area contributed by atoms with E-state index in [1.54, 1.807) is 13.3 Å². The molecule has 0 aliphatic heterocycles. The molecule has 0 amide bonds. The second kappa shape index (κ2) is 10.7. The molecule has 0 bridgehead atoms. The second-order valence-electron chi connectivity index (χ2n) is 7.12. The molecular formula is C23H31NO4. The van der Waals surface area contributed by atoms with Crippen LogP contribution in [-0.4, -0.2) is 17.5 Å². The SMILES string of the molecule is CCCCC(CC)Cn1ccc(=O)c(OCc2ccc(OC)cc2)c1C(C)=O. The number of ketones is 1. The number of benzene rings is 1. The van der Waals surface area contributed by atoms with Crippen LogP contribution in [0.3, 0.4) is 0 Å². The molecule has 28 heavy (non-hydrogen) atoms. The maximum absolute atomic E-state index is 12.4. The Hall–Kier alpha value is -2.56. The Morgan fingerprint density at radius 1 is 1.14 bits per heavy atom. The number of hydrogen-bond donors (Lipinski definition) is 0. The summed E-state index contributed by atoms with van der Waals surface area (Å²) in [5.41, 5.74) is 0.993.